The van der Waals surface area contributed by atoms with Crippen LogP contribution in [0.25, 0.3) is 10.2 Å². The van der Waals surface area contributed by atoms with Crippen molar-refractivity contribution in [2.75, 3.05) is 13.1 Å². The molecule has 0 aliphatic carbocycles. The van der Waals surface area contributed by atoms with E-state index in [0.29, 0.717) is 30.7 Å². The molecule has 3 aromatic rings. The average Bonchev–Trinajstić information content (AvgIpc) is 3.08. The molecule has 1 aliphatic rings. The van der Waals surface area contributed by atoms with Crippen molar-refractivity contribution < 1.29 is 13.2 Å². The first-order chi connectivity index (χ1) is 14.0. The molecule has 1 fully saturated rings. The van der Waals surface area contributed by atoms with E-state index in [9.17, 15) is 13.2 Å². The number of aryl methyl sites for hydroxylation is 1. The van der Waals surface area contributed by atoms with Crippen LogP contribution in [0.1, 0.15) is 12.8 Å². The Morgan fingerprint density at radius 3 is 2.41 bits per heavy atom. The Bertz CT molecular complexity index is 1190. The third kappa shape index (κ3) is 3.98. The number of nitrogens with one attached hydrogen (secondary N) is 1. The van der Waals surface area contributed by atoms with Gasteiger partial charge in [0.25, 0.3) is 0 Å². The molecule has 0 radical (unpaired) electrons. The van der Waals surface area contributed by atoms with Crippen molar-refractivity contribution in [3.05, 3.63) is 59.4 Å². The highest BCUT2D eigenvalue weighted by molar-refractivity contribution is 7.89. The number of fused-ring (bicyclic) bond motifs is 1. The number of carbonyl (C=O) groups excluding carboxylic acids is 1. The van der Waals surface area contributed by atoms with Crippen LogP contribution in [0.3, 0.4) is 0 Å². The Labute approximate surface area is 173 Å². The zero-order chi connectivity index (χ0) is 20.4. The molecule has 0 unspecified atom stereocenters. The fourth-order valence-corrected chi connectivity index (χ4v) is 5.95. The molecule has 1 amide bonds. The van der Waals surface area contributed by atoms with Crippen LogP contribution >= 0.6 is 11.3 Å². The second-order valence-corrected chi connectivity index (χ2v) is 9.94. The minimum absolute atomic E-state index is 0.167. The Hall–Kier alpha value is -2.49. The van der Waals surface area contributed by atoms with Crippen LogP contribution in [0.5, 0.6) is 0 Å². The summed E-state index contributed by atoms with van der Waals surface area (Å²) < 4.78 is 29.9. The summed E-state index contributed by atoms with van der Waals surface area (Å²) in [6.07, 6.45) is 0.956. The molecule has 152 valence electrons. The molecule has 29 heavy (non-hydrogen) atoms. The van der Waals surface area contributed by atoms with Crippen LogP contribution in [0, 0.1) is 5.92 Å². The van der Waals surface area contributed by atoms with Gasteiger partial charge in [0.05, 0.1) is 15.1 Å². The molecule has 2 heterocycles. The number of thiazole rings is 1. The molecule has 4 rings (SSSR count). The molecule has 1 aromatic heterocycles. The SMILES string of the molecule is Cn1/c(=N/NC(=O)C2CCN(S(=O)(=O)c3ccccc3)CC2)sc2ccccc21. The van der Waals surface area contributed by atoms with Gasteiger partial charge in [-0.2, -0.15) is 4.31 Å². The molecular formula is C20H22N4O3S2. The first-order valence-corrected chi connectivity index (χ1v) is 11.7. The smallest absolute Gasteiger partial charge is 0.243 e. The maximum atomic E-state index is 12.7. The number of amides is 1. The van der Waals surface area contributed by atoms with Gasteiger partial charge in [0.2, 0.25) is 20.7 Å². The third-order valence-corrected chi connectivity index (χ3v) is 8.21. The van der Waals surface area contributed by atoms with Gasteiger partial charge in [-0.1, -0.05) is 41.7 Å². The maximum absolute atomic E-state index is 12.7. The zero-order valence-corrected chi connectivity index (χ0v) is 17.6. The number of para-hydroxylation sites is 1. The number of sulfonamides is 1. The molecule has 0 bridgehead atoms. The Morgan fingerprint density at radius 2 is 1.72 bits per heavy atom. The molecule has 7 nitrogen and oxygen atoms in total. The predicted molar refractivity (Wildman–Crippen MR) is 112 cm³/mol. The zero-order valence-electron chi connectivity index (χ0n) is 16.0. The molecule has 9 heteroatoms. The summed E-state index contributed by atoms with van der Waals surface area (Å²) >= 11 is 1.51. The second-order valence-electron chi connectivity index (χ2n) is 6.99. The van der Waals surface area contributed by atoms with E-state index in [1.54, 1.807) is 30.3 Å². The Balaban J connectivity index is 1.41. The highest BCUT2D eigenvalue weighted by Crippen LogP contribution is 2.24. The molecule has 0 saturated carbocycles. The average molecular weight is 431 g/mol. The van der Waals surface area contributed by atoms with Gasteiger partial charge in [-0.05, 0) is 37.1 Å². The predicted octanol–water partition coefficient (Wildman–Crippen LogP) is 2.27. The monoisotopic (exact) mass is 430 g/mol. The van der Waals surface area contributed by atoms with Crippen molar-refractivity contribution in [2.24, 2.45) is 18.1 Å². The lowest BCUT2D eigenvalue weighted by atomic mass is 9.98. The van der Waals surface area contributed by atoms with Crippen LogP contribution < -0.4 is 10.2 Å². The van der Waals surface area contributed by atoms with Crippen molar-refractivity contribution in [3.8, 4) is 0 Å². The van der Waals surface area contributed by atoms with E-state index in [0.717, 1.165) is 10.2 Å². The number of hydrogen-bond donors (Lipinski definition) is 1. The third-order valence-electron chi connectivity index (χ3n) is 5.18. The van der Waals surface area contributed by atoms with Crippen LogP contribution in [0.2, 0.25) is 0 Å². The molecule has 1 saturated heterocycles. The quantitative estimate of drug-likeness (QED) is 0.645. The van der Waals surface area contributed by atoms with E-state index in [1.807, 2.05) is 35.9 Å². The molecule has 0 spiro atoms. The normalized spacial score (nSPS) is 16.9. The standard InChI is InChI=1S/C20H22N4O3S2/c1-23-17-9-5-6-10-18(17)28-20(23)22-21-19(25)15-11-13-24(14-12-15)29(26,27)16-7-3-2-4-8-16/h2-10,15H,11-14H2,1H3,(H,21,25)/b22-20-. The van der Waals surface area contributed by atoms with Crippen LogP contribution in [0.4, 0.5) is 0 Å². The first kappa shape index (κ1) is 19.8. The number of hydrogen-bond acceptors (Lipinski definition) is 5. The van der Waals surface area contributed by atoms with E-state index < -0.39 is 10.0 Å². The second kappa shape index (κ2) is 8.10. The van der Waals surface area contributed by atoms with E-state index in [4.69, 9.17) is 0 Å². The van der Waals surface area contributed by atoms with Gasteiger partial charge in [0, 0.05) is 26.1 Å². The summed E-state index contributed by atoms with van der Waals surface area (Å²) in [5.41, 5.74) is 3.72. The summed E-state index contributed by atoms with van der Waals surface area (Å²) in [6.45, 7) is 0.651. The van der Waals surface area contributed by atoms with E-state index in [-0.39, 0.29) is 16.7 Å². The number of aromatic nitrogens is 1. The van der Waals surface area contributed by atoms with Crippen LogP contribution in [-0.4, -0.2) is 36.3 Å². The van der Waals surface area contributed by atoms with Gasteiger partial charge in [0.15, 0.2) is 0 Å². The van der Waals surface area contributed by atoms with Gasteiger partial charge in [-0.3, -0.25) is 4.79 Å². The van der Waals surface area contributed by atoms with Crippen molar-refractivity contribution >= 4 is 37.5 Å². The van der Waals surface area contributed by atoms with Crippen molar-refractivity contribution in [3.63, 3.8) is 0 Å². The van der Waals surface area contributed by atoms with Gasteiger partial charge in [-0.25, -0.2) is 13.8 Å². The number of rotatable bonds is 4. The van der Waals surface area contributed by atoms with E-state index in [1.165, 1.54) is 15.6 Å². The fraction of sp³-hybridized carbons (Fsp3) is 0.300. The number of carbonyl (C=O) groups is 1. The van der Waals surface area contributed by atoms with Crippen molar-refractivity contribution in [1.82, 2.24) is 14.3 Å². The van der Waals surface area contributed by atoms with Crippen LogP contribution in [-0.2, 0) is 21.9 Å². The van der Waals surface area contributed by atoms with Gasteiger partial charge in [-0.15, -0.1) is 5.10 Å². The van der Waals surface area contributed by atoms with Gasteiger partial charge < -0.3 is 4.57 Å². The van der Waals surface area contributed by atoms with E-state index >= 15 is 0 Å². The molecular weight excluding hydrogens is 408 g/mol. The fourth-order valence-electron chi connectivity index (χ4n) is 3.48. The number of piperidine rings is 1. The van der Waals surface area contributed by atoms with Gasteiger partial charge >= 0.3 is 0 Å². The summed E-state index contributed by atoms with van der Waals surface area (Å²) in [7, 11) is -1.60. The summed E-state index contributed by atoms with van der Waals surface area (Å²) in [5, 5.41) is 4.28. The molecule has 1 N–H and O–H groups in total. The largest absolute Gasteiger partial charge is 0.318 e. The number of nitrogens with zero attached hydrogens (tertiary/aromatic N) is 3. The molecule has 0 atom stereocenters. The highest BCUT2D eigenvalue weighted by Gasteiger charge is 2.31. The molecule has 2 aromatic carbocycles. The minimum Gasteiger partial charge on any atom is -0.318 e. The molecule has 1 aliphatic heterocycles. The summed E-state index contributed by atoms with van der Waals surface area (Å²) in [6, 6.07) is 16.4. The van der Waals surface area contributed by atoms with E-state index in [2.05, 4.69) is 10.5 Å². The minimum atomic E-state index is -3.51. The lowest BCUT2D eigenvalue weighted by Crippen LogP contribution is -2.42. The van der Waals surface area contributed by atoms with Crippen molar-refractivity contribution in [1.29, 1.82) is 0 Å². The topological polar surface area (TPSA) is 83.8 Å². The maximum Gasteiger partial charge on any atom is 0.243 e. The van der Waals surface area contributed by atoms with Crippen LogP contribution in [0.15, 0.2) is 64.6 Å². The first-order valence-electron chi connectivity index (χ1n) is 9.40. The van der Waals surface area contributed by atoms with Gasteiger partial charge in [0.1, 0.15) is 0 Å². The lowest BCUT2D eigenvalue weighted by Gasteiger charge is -2.30. The lowest BCUT2D eigenvalue weighted by molar-refractivity contribution is -0.126. The summed E-state index contributed by atoms with van der Waals surface area (Å²) in [4.78, 5) is 13.5. The Morgan fingerprint density at radius 1 is 1.07 bits per heavy atom. The number of benzene rings is 2. The van der Waals surface area contributed by atoms with Crippen molar-refractivity contribution in [2.45, 2.75) is 17.7 Å². The Kier molecular flexibility index (Phi) is 5.53. The summed E-state index contributed by atoms with van der Waals surface area (Å²) in [5.74, 6) is -0.417. The highest BCUT2D eigenvalue weighted by atomic mass is 32.2.